The second kappa shape index (κ2) is 51.6. The van der Waals surface area contributed by atoms with Gasteiger partial charge in [-0.2, -0.15) is 0 Å². The molecule has 0 saturated carbocycles. The smallest absolute Gasteiger partial charge is 0.243 e. The van der Waals surface area contributed by atoms with Crippen molar-refractivity contribution in [2.24, 2.45) is 81.7 Å². The van der Waals surface area contributed by atoms with E-state index in [4.69, 9.17) is 34.4 Å². The topological polar surface area (TPSA) is 493 Å². The molecule has 23 N–H and O–H groups in total. The second-order valence-electron chi connectivity index (χ2n) is 30.9. The Kier molecular flexibility index (Phi) is 48.2. The molecule has 0 aromatic heterocycles. The first-order chi connectivity index (χ1) is 47.3. The highest BCUT2D eigenvalue weighted by molar-refractivity contribution is 5.99. The first-order valence-corrected chi connectivity index (χ1v) is 37.5. The summed E-state index contributed by atoms with van der Waals surface area (Å²) in [6, 6.07) is -13.7. The van der Waals surface area contributed by atoms with E-state index >= 15 is 0 Å². The molecule has 29 nitrogen and oxygen atoms in total. The highest BCUT2D eigenvalue weighted by Gasteiger charge is 2.38. The molecule has 0 saturated heterocycles. The van der Waals surface area contributed by atoms with Gasteiger partial charge in [-0.1, -0.05) is 117 Å². The van der Waals surface area contributed by atoms with Gasteiger partial charge < -0.3 is 92.9 Å². The number of hydrogen-bond acceptors (Lipinski definition) is 17. The van der Waals surface area contributed by atoms with E-state index in [0.717, 1.165) is 0 Å². The van der Waals surface area contributed by atoms with Crippen molar-refractivity contribution in [1.29, 1.82) is 0 Å². The molecule has 12 atom stereocenters. The predicted molar refractivity (Wildman–Crippen MR) is 396 cm³/mol. The summed E-state index contributed by atoms with van der Waals surface area (Å²) in [5.74, 6) is -9.05. The molecule has 12 amide bonds. The third-order valence-electron chi connectivity index (χ3n) is 16.8. The second-order valence-corrected chi connectivity index (χ2v) is 30.9. The molecule has 0 heterocycles. The van der Waals surface area contributed by atoms with Crippen molar-refractivity contribution in [2.45, 2.75) is 312 Å². The number of carbonyl (C=O) groups excluding carboxylic acids is 12. The van der Waals surface area contributed by atoms with Crippen LogP contribution in [0, 0.1) is 47.3 Å². The van der Waals surface area contributed by atoms with Gasteiger partial charge in [0, 0.05) is 0 Å². The minimum atomic E-state index is -1.24. The molecule has 584 valence electrons. The first-order valence-electron chi connectivity index (χ1n) is 37.5. The van der Waals surface area contributed by atoms with E-state index in [2.05, 4.69) is 58.5 Å². The van der Waals surface area contributed by atoms with Crippen molar-refractivity contribution in [3.63, 3.8) is 0 Å². The monoisotopic (exact) mass is 1430 g/mol. The Balaban J connectivity index is 7.10. The predicted octanol–water partition coefficient (Wildman–Crippen LogP) is 2.02. The van der Waals surface area contributed by atoms with Crippen molar-refractivity contribution >= 4 is 70.9 Å². The van der Waals surface area contributed by atoms with Crippen LogP contribution in [0.1, 0.15) is 239 Å². The van der Waals surface area contributed by atoms with Crippen molar-refractivity contribution in [3.8, 4) is 0 Å². The van der Waals surface area contributed by atoms with E-state index in [1.807, 2.05) is 111 Å². The summed E-state index contributed by atoms with van der Waals surface area (Å²) >= 11 is 0. The molecule has 0 aliphatic heterocycles. The van der Waals surface area contributed by atoms with Gasteiger partial charge in [-0.05, 0) is 196 Å². The summed E-state index contributed by atoms with van der Waals surface area (Å²) < 4.78 is 0. The number of carbonyl (C=O) groups is 12. The molecule has 0 aromatic rings. The Bertz CT molecular complexity index is 2520. The third-order valence-corrected chi connectivity index (χ3v) is 16.8. The molecule has 0 spiro atoms. The lowest BCUT2D eigenvalue weighted by Gasteiger charge is -2.30. The van der Waals surface area contributed by atoms with Crippen molar-refractivity contribution in [1.82, 2.24) is 58.5 Å². The fourth-order valence-electron chi connectivity index (χ4n) is 11.6. The number of primary amides is 1. The molecule has 29 heteroatoms. The van der Waals surface area contributed by atoms with Gasteiger partial charge in [0.1, 0.15) is 66.5 Å². The van der Waals surface area contributed by atoms with Gasteiger partial charge >= 0.3 is 0 Å². The van der Waals surface area contributed by atoms with Gasteiger partial charge in [0.2, 0.25) is 70.9 Å². The van der Waals surface area contributed by atoms with E-state index in [1.54, 1.807) is 0 Å². The van der Waals surface area contributed by atoms with Crippen molar-refractivity contribution < 1.29 is 57.5 Å². The van der Waals surface area contributed by atoms with Crippen LogP contribution >= 0.6 is 0 Å². The Hall–Kier alpha value is -6.56. The maximum absolute atomic E-state index is 14.7. The fraction of sp³-hybridized carbons (Fsp3) is 0.833. The van der Waals surface area contributed by atoms with Crippen LogP contribution < -0.4 is 92.9 Å². The standard InChI is InChI=1S/C72H139N17O12/c1-41(2)33-53(82-62(91)49(77)25-17-21-29-73)68(97)88-59(39-47(13)14)71(100)86-55(35-43(5)6)66(95)81-52(28-20-24-32-76)64(93)84-58(38-46(11)12)70(99)89-60(40-48(15)16)72(101)87-56(36-44(7)8)67(96)80-51(27-19-23-31-75)63(92)83-57(37-45(9)10)69(98)85-54(34-42(3)4)65(94)79-50(61(78)90)26-18-22-30-74/h41-60H,17-40,73-77H2,1-16H3,(H2,78,90)(H,79,94)(H,80,96)(H,81,95)(H,82,91)(H,83,92)(H,84,93)(H,85,98)(H,86,100)(H,87,101)(H,88,97)(H,89,99)/t49-,50-,51-,52-,53-,54-,55+,56+,57+,58-,59+,60-/m0/s1. The summed E-state index contributed by atoms with van der Waals surface area (Å²) in [6.45, 7) is 31.2. The minimum absolute atomic E-state index is 0.0295. The summed E-state index contributed by atoms with van der Waals surface area (Å²) in [5, 5.41) is 31.0. The average Bonchev–Trinajstić information content (AvgIpc) is 0.862. The molecule has 0 fully saturated rings. The van der Waals surface area contributed by atoms with E-state index in [-0.39, 0.29) is 131 Å². The van der Waals surface area contributed by atoms with Gasteiger partial charge in [-0.15, -0.1) is 0 Å². The summed E-state index contributed by atoms with van der Waals surface area (Å²) in [6.07, 6.45) is 6.24. The van der Waals surface area contributed by atoms with Gasteiger partial charge in [-0.3, -0.25) is 57.5 Å². The van der Waals surface area contributed by atoms with Gasteiger partial charge in [0.05, 0.1) is 6.04 Å². The molecular weight excluding hydrogens is 1290 g/mol. The summed E-state index contributed by atoms with van der Waals surface area (Å²) in [5.41, 5.74) is 34.9. The molecule has 0 aliphatic rings. The molecule has 0 aliphatic carbocycles. The maximum Gasteiger partial charge on any atom is 0.243 e. The lowest BCUT2D eigenvalue weighted by Crippen LogP contribution is -2.61. The van der Waals surface area contributed by atoms with Crippen LogP contribution in [0.25, 0.3) is 0 Å². The zero-order chi connectivity index (χ0) is 77.2. The van der Waals surface area contributed by atoms with E-state index in [0.29, 0.717) is 70.9 Å². The van der Waals surface area contributed by atoms with E-state index < -0.39 is 143 Å². The number of hydrogen-bond donors (Lipinski definition) is 17. The van der Waals surface area contributed by atoms with Crippen LogP contribution in [0.3, 0.4) is 0 Å². The zero-order valence-corrected chi connectivity index (χ0v) is 64.4. The number of unbranched alkanes of at least 4 members (excludes halogenated alkanes) is 4. The Morgan fingerprint density at radius 1 is 0.218 bits per heavy atom. The molecule has 0 aromatic carbocycles. The van der Waals surface area contributed by atoms with Gasteiger partial charge in [0.25, 0.3) is 0 Å². The molecule has 0 rings (SSSR count). The Morgan fingerprint density at radius 3 is 0.545 bits per heavy atom. The largest absolute Gasteiger partial charge is 0.368 e. The van der Waals surface area contributed by atoms with Crippen LogP contribution in [0.4, 0.5) is 0 Å². The lowest BCUT2D eigenvalue weighted by atomic mass is 9.97. The fourth-order valence-corrected chi connectivity index (χ4v) is 11.6. The molecule has 101 heavy (non-hydrogen) atoms. The van der Waals surface area contributed by atoms with E-state index in [1.165, 1.54) is 0 Å². The summed E-state index contributed by atoms with van der Waals surface area (Å²) in [4.78, 5) is 170. The number of nitrogens with one attached hydrogen (secondary N) is 11. The zero-order valence-electron chi connectivity index (χ0n) is 64.4. The number of rotatable bonds is 55. The quantitative estimate of drug-likeness (QED) is 0.0387. The highest BCUT2D eigenvalue weighted by Crippen LogP contribution is 2.18. The normalized spacial score (nSPS) is 15.3. The molecule has 0 unspecified atom stereocenters. The average molecular weight is 1440 g/mol. The van der Waals surface area contributed by atoms with Crippen molar-refractivity contribution in [2.75, 3.05) is 26.2 Å². The van der Waals surface area contributed by atoms with Crippen molar-refractivity contribution in [3.05, 3.63) is 0 Å². The first kappa shape index (κ1) is 94.4. The molecule has 0 radical (unpaired) electrons. The Labute approximate surface area is 604 Å². The maximum atomic E-state index is 14.7. The van der Waals surface area contributed by atoms with Crippen LogP contribution in [0.15, 0.2) is 0 Å². The number of amides is 12. The molecule has 0 bridgehead atoms. The third kappa shape index (κ3) is 41.4. The SMILES string of the molecule is CC(C)C[C@H](NC(=O)[C@H](CCCCN)NC(=O)[C@@H](CC(C)C)NC(=O)[C@@H](CC(C)C)NC(=O)[C@H](CC(C)C)NC(=O)[C@@H](N)CCCCN)C(=O)N[C@@H](CC(C)C)C(=O)N[C@H](CC(C)C)C(=O)N[C@@H](CCCCN)C(=O)N[C@H](CC(C)C)C(=O)N[C@@H](CC(C)C)C(=O)N[C@@H](CCCCN)C(N)=O. The molecular formula is C72H139N17O12. The van der Waals surface area contributed by atoms with Crippen LogP contribution in [0.2, 0.25) is 0 Å². The summed E-state index contributed by atoms with van der Waals surface area (Å²) in [7, 11) is 0. The van der Waals surface area contributed by atoms with Crippen LogP contribution in [-0.4, -0.2) is 170 Å². The lowest BCUT2D eigenvalue weighted by molar-refractivity contribution is -0.137. The van der Waals surface area contributed by atoms with Crippen LogP contribution in [-0.2, 0) is 57.5 Å². The van der Waals surface area contributed by atoms with Gasteiger partial charge in [-0.25, -0.2) is 0 Å². The van der Waals surface area contributed by atoms with Crippen LogP contribution in [0.5, 0.6) is 0 Å². The van der Waals surface area contributed by atoms with Gasteiger partial charge in [0.15, 0.2) is 0 Å². The minimum Gasteiger partial charge on any atom is -0.368 e. The van der Waals surface area contributed by atoms with E-state index in [9.17, 15) is 57.5 Å². The number of nitrogens with two attached hydrogens (primary N) is 6. The Morgan fingerprint density at radius 2 is 0.366 bits per heavy atom. The highest BCUT2D eigenvalue weighted by atomic mass is 16.2.